The summed E-state index contributed by atoms with van der Waals surface area (Å²) in [7, 11) is 1.64. The van der Waals surface area contributed by atoms with Crippen molar-refractivity contribution >= 4 is 23.3 Å². The first-order valence-electron chi connectivity index (χ1n) is 11.0. The first-order chi connectivity index (χ1) is 15.9. The van der Waals surface area contributed by atoms with Crippen molar-refractivity contribution in [2.45, 2.75) is 51.7 Å². The van der Waals surface area contributed by atoms with Crippen molar-refractivity contribution in [3.8, 4) is 11.5 Å². The van der Waals surface area contributed by atoms with Crippen LogP contribution in [0.2, 0.25) is 0 Å². The number of carboxylic acid groups (broad SMARTS) is 2. The van der Waals surface area contributed by atoms with E-state index in [4.69, 9.17) is 24.7 Å². The van der Waals surface area contributed by atoms with Crippen LogP contribution in [-0.4, -0.2) is 46.1 Å². The summed E-state index contributed by atoms with van der Waals surface area (Å²) < 4.78 is 11.9. The Morgan fingerprint density at radius 3 is 2.47 bits per heavy atom. The molecule has 0 amide bonds. The van der Waals surface area contributed by atoms with E-state index in [2.05, 4.69) is 19.2 Å². The predicted molar refractivity (Wildman–Crippen MR) is 128 cm³/mol. The molecule has 2 heterocycles. The van der Waals surface area contributed by atoms with E-state index >= 15 is 0 Å². The minimum Gasteiger partial charge on any atom is -0.493 e. The van der Waals surface area contributed by atoms with Gasteiger partial charge >= 0.3 is 11.9 Å². The van der Waals surface area contributed by atoms with Gasteiger partial charge in [-0.1, -0.05) is 12.1 Å². The van der Waals surface area contributed by atoms with E-state index in [9.17, 15) is 9.59 Å². The average molecular weight is 465 g/mol. The molecule has 34 heavy (non-hydrogen) atoms. The van der Waals surface area contributed by atoms with Crippen molar-refractivity contribution in [1.82, 2.24) is 0 Å². The third kappa shape index (κ3) is 4.35. The highest BCUT2D eigenvalue weighted by Gasteiger charge is 2.39. The van der Waals surface area contributed by atoms with E-state index in [0.29, 0.717) is 17.9 Å². The maximum absolute atomic E-state index is 11.2. The summed E-state index contributed by atoms with van der Waals surface area (Å²) in [6.07, 6.45) is 2.43. The first-order valence-corrected chi connectivity index (χ1v) is 11.0. The van der Waals surface area contributed by atoms with Gasteiger partial charge in [0.1, 0.15) is 5.60 Å². The number of rotatable bonds is 6. The average Bonchev–Trinajstić information content (AvgIpc) is 3.06. The molecule has 0 aliphatic carbocycles. The number of hydrogen-bond acceptors (Lipinski definition) is 6. The number of nitrogens with one attached hydrogen (secondary N) is 1. The summed E-state index contributed by atoms with van der Waals surface area (Å²) in [5.41, 5.74) is 3.94. The fourth-order valence-electron chi connectivity index (χ4n) is 4.56. The number of fused-ring (bicyclic) bond motifs is 3. The largest absolute Gasteiger partial charge is 0.493 e. The number of benzene rings is 2. The second kappa shape index (κ2) is 8.20. The fourth-order valence-corrected chi connectivity index (χ4v) is 4.56. The van der Waals surface area contributed by atoms with Gasteiger partial charge in [-0.2, -0.15) is 0 Å². The van der Waals surface area contributed by atoms with Gasteiger partial charge in [-0.05, 0) is 57.9 Å². The number of methoxy groups -OCH3 is 1. The lowest BCUT2D eigenvalue weighted by Crippen LogP contribution is -2.30. The van der Waals surface area contributed by atoms with E-state index in [1.807, 2.05) is 38.1 Å². The van der Waals surface area contributed by atoms with Crippen LogP contribution in [0.15, 0.2) is 47.1 Å². The van der Waals surface area contributed by atoms with E-state index in [-0.39, 0.29) is 11.1 Å². The standard InChI is InChI=1S/C26H28N2O6/c1-25(2)11-15-10-19(33-5)22-17(12-26(3,4)34-22)20(15)21(28-25)14-7-6-8-16(9-14)27-13-18(23(29)30)24(31)32/h6-10,13,27H,11-12H2,1-5H3,(H,29,30)(H,31,32). The lowest BCUT2D eigenvalue weighted by atomic mass is 9.81. The summed E-state index contributed by atoms with van der Waals surface area (Å²) in [5, 5.41) is 21.0. The van der Waals surface area contributed by atoms with E-state index in [1.54, 1.807) is 13.2 Å². The molecule has 8 nitrogen and oxygen atoms in total. The Bertz CT molecular complexity index is 1240. The highest BCUT2D eigenvalue weighted by molar-refractivity contribution is 6.16. The second-order valence-electron chi connectivity index (χ2n) is 9.80. The Labute approximate surface area is 197 Å². The molecule has 4 rings (SSSR count). The van der Waals surface area contributed by atoms with Crippen molar-refractivity contribution in [2.24, 2.45) is 4.99 Å². The molecule has 0 saturated heterocycles. The Hall–Kier alpha value is -3.81. The molecule has 0 unspecified atom stereocenters. The lowest BCUT2D eigenvalue weighted by molar-refractivity contribution is -0.140. The SMILES string of the molecule is COc1cc2c(c3c1OC(C)(C)C3)C(c1cccc(NC=C(C(=O)O)C(=O)O)c1)=NC(C)(C)C2. The van der Waals surface area contributed by atoms with Crippen LogP contribution in [0.1, 0.15) is 49.9 Å². The molecule has 0 spiro atoms. The molecule has 0 radical (unpaired) electrons. The highest BCUT2D eigenvalue weighted by Crippen LogP contribution is 2.47. The zero-order valence-corrected chi connectivity index (χ0v) is 19.9. The minimum atomic E-state index is -1.52. The lowest BCUT2D eigenvalue weighted by Gasteiger charge is -2.31. The number of ether oxygens (including phenoxy) is 2. The molecule has 0 atom stereocenters. The molecular weight excluding hydrogens is 436 g/mol. The molecule has 0 saturated carbocycles. The Morgan fingerprint density at radius 1 is 1.12 bits per heavy atom. The van der Waals surface area contributed by atoms with Crippen molar-refractivity contribution < 1.29 is 29.3 Å². The summed E-state index contributed by atoms with van der Waals surface area (Å²) in [6, 6.07) is 9.36. The van der Waals surface area contributed by atoms with Crippen LogP contribution >= 0.6 is 0 Å². The number of aliphatic imine (C=N–C) groups is 1. The van der Waals surface area contributed by atoms with Gasteiger partial charge in [0.25, 0.3) is 0 Å². The molecule has 2 aromatic rings. The van der Waals surface area contributed by atoms with Gasteiger partial charge in [0.2, 0.25) is 0 Å². The Morgan fingerprint density at radius 2 is 1.82 bits per heavy atom. The van der Waals surface area contributed by atoms with Gasteiger partial charge in [0.15, 0.2) is 17.1 Å². The smallest absolute Gasteiger partial charge is 0.344 e. The summed E-state index contributed by atoms with van der Waals surface area (Å²) >= 11 is 0. The van der Waals surface area contributed by atoms with E-state index in [0.717, 1.165) is 46.3 Å². The predicted octanol–water partition coefficient (Wildman–Crippen LogP) is 4.05. The zero-order chi connectivity index (χ0) is 24.8. The van der Waals surface area contributed by atoms with Crippen LogP contribution in [0.4, 0.5) is 5.69 Å². The van der Waals surface area contributed by atoms with Crippen LogP contribution in [-0.2, 0) is 22.4 Å². The van der Waals surface area contributed by atoms with Gasteiger partial charge in [-0.3, -0.25) is 4.99 Å². The monoisotopic (exact) mass is 464 g/mol. The molecule has 2 aromatic carbocycles. The van der Waals surface area contributed by atoms with Gasteiger partial charge in [0, 0.05) is 35.0 Å². The Balaban J connectivity index is 1.83. The molecular formula is C26H28N2O6. The number of hydrogen-bond donors (Lipinski definition) is 3. The maximum Gasteiger partial charge on any atom is 0.344 e. The van der Waals surface area contributed by atoms with Gasteiger partial charge in [0.05, 0.1) is 18.4 Å². The molecule has 8 heteroatoms. The molecule has 2 aliphatic rings. The molecule has 3 N–H and O–H groups in total. The molecule has 0 aromatic heterocycles. The van der Waals surface area contributed by atoms with E-state index < -0.39 is 17.5 Å². The molecule has 2 aliphatic heterocycles. The number of nitrogens with zero attached hydrogens (tertiary/aromatic N) is 1. The summed E-state index contributed by atoms with van der Waals surface area (Å²) in [6.45, 7) is 8.24. The molecule has 0 bridgehead atoms. The molecule has 0 fully saturated rings. The topological polar surface area (TPSA) is 117 Å². The number of carbonyl (C=O) groups is 2. The summed E-state index contributed by atoms with van der Waals surface area (Å²) in [5.74, 6) is -1.58. The van der Waals surface area contributed by atoms with Crippen molar-refractivity contribution in [2.75, 3.05) is 12.4 Å². The van der Waals surface area contributed by atoms with Gasteiger partial charge in [-0.15, -0.1) is 0 Å². The number of aliphatic carboxylic acids is 2. The highest BCUT2D eigenvalue weighted by atomic mass is 16.5. The van der Waals surface area contributed by atoms with Crippen LogP contribution < -0.4 is 14.8 Å². The van der Waals surface area contributed by atoms with Crippen molar-refractivity contribution in [3.05, 3.63) is 64.4 Å². The van der Waals surface area contributed by atoms with Crippen molar-refractivity contribution in [3.63, 3.8) is 0 Å². The summed E-state index contributed by atoms with van der Waals surface area (Å²) in [4.78, 5) is 27.4. The number of carboxylic acids is 2. The van der Waals surface area contributed by atoms with Crippen LogP contribution in [0.3, 0.4) is 0 Å². The quantitative estimate of drug-likeness (QED) is 0.335. The second-order valence-corrected chi connectivity index (χ2v) is 9.80. The molecule has 178 valence electrons. The van der Waals surface area contributed by atoms with Crippen LogP contribution in [0, 0.1) is 0 Å². The van der Waals surface area contributed by atoms with Crippen molar-refractivity contribution in [1.29, 1.82) is 0 Å². The zero-order valence-electron chi connectivity index (χ0n) is 19.9. The maximum atomic E-state index is 11.2. The van der Waals surface area contributed by atoms with E-state index in [1.165, 1.54) is 0 Å². The van der Waals surface area contributed by atoms with Gasteiger partial charge < -0.3 is 25.0 Å². The third-order valence-electron chi connectivity index (χ3n) is 5.88. The third-order valence-corrected chi connectivity index (χ3v) is 5.88. The first kappa shape index (κ1) is 23.4. The normalized spacial score (nSPS) is 16.9. The van der Waals surface area contributed by atoms with Crippen LogP contribution in [0.5, 0.6) is 11.5 Å². The minimum absolute atomic E-state index is 0.348. The Kier molecular flexibility index (Phi) is 5.63. The van der Waals surface area contributed by atoms with Crippen LogP contribution in [0.25, 0.3) is 0 Å². The van der Waals surface area contributed by atoms with Gasteiger partial charge in [-0.25, -0.2) is 9.59 Å². The number of anilines is 1. The fraction of sp³-hybridized carbons (Fsp3) is 0.346.